The Morgan fingerprint density at radius 1 is 0.675 bits per heavy atom. The lowest BCUT2D eigenvalue weighted by molar-refractivity contribution is 0.127. The van der Waals surface area contributed by atoms with E-state index < -0.39 is 0 Å². The summed E-state index contributed by atoms with van der Waals surface area (Å²) in [5.41, 5.74) is 10.1. The molecule has 0 unspecified atom stereocenters. The molecule has 1 saturated carbocycles. The minimum atomic E-state index is 0.280. The van der Waals surface area contributed by atoms with Crippen LogP contribution in [0.4, 0.5) is 0 Å². The van der Waals surface area contributed by atoms with Gasteiger partial charge in [-0.05, 0) is 121 Å². The van der Waals surface area contributed by atoms with Crippen molar-refractivity contribution in [3.8, 4) is 16.9 Å². The molecular formula is C39H54O. The van der Waals surface area contributed by atoms with Gasteiger partial charge in [-0.2, -0.15) is 0 Å². The smallest absolute Gasteiger partial charge is 0.122 e. The van der Waals surface area contributed by atoms with Crippen molar-refractivity contribution in [1.29, 1.82) is 0 Å². The van der Waals surface area contributed by atoms with Crippen LogP contribution in [0.5, 0.6) is 5.75 Å². The van der Waals surface area contributed by atoms with Crippen LogP contribution in [0.3, 0.4) is 0 Å². The summed E-state index contributed by atoms with van der Waals surface area (Å²) in [7, 11) is 0. The summed E-state index contributed by atoms with van der Waals surface area (Å²) in [6.45, 7) is 14.6. The Morgan fingerprint density at radius 3 is 1.75 bits per heavy atom. The molecule has 0 aliphatic heterocycles. The summed E-state index contributed by atoms with van der Waals surface area (Å²) in [5, 5.41) is 0. The summed E-state index contributed by atoms with van der Waals surface area (Å²) in [5.74, 6) is 2.77. The van der Waals surface area contributed by atoms with Crippen molar-refractivity contribution in [3.05, 3.63) is 88.5 Å². The first-order chi connectivity index (χ1) is 19.4. The predicted octanol–water partition coefficient (Wildman–Crippen LogP) is 11.2. The van der Waals surface area contributed by atoms with Crippen LogP contribution in [0.25, 0.3) is 11.1 Å². The molecule has 3 aromatic rings. The molecule has 40 heavy (non-hydrogen) atoms. The fourth-order valence-corrected chi connectivity index (χ4v) is 6.62. The monoisotopic (exact) mass is 538 g/mol. The van der Waals surface area contributed by atoms with Crippen LogP contribution in [-0.4, -0.2) is 6.61 Å². The Bertz CT molecular complexity index is 1170. The standard InChI is InChI=1S/C39H54O/c1-7-32-27-38(40-28-39(9-3,10-4)11-5)33(8-2)26-37(32)36-24-18-31(19-25-36)15-14-30-16-22-35(23-17-30)34-20-12-29(6)13-21-34/h16-19,22-27,29,34H,7-15,20-21,28H2,1-6H3. The minimum Gasteiger partial charge on any atom is -0.493 e. The van der Waals surface area contributed by atoms with Crippen LogP contribution in [0.1, 0.15) is 120 Å². The molecule has 0 aromatic heterocycles. The maximum absolute atomic E-state index is 6.54. The van der Waals surface area contributed by atoms with E-state index in [2.05, 4.69) is 102 Å². The number of hydrogen-bond acceptors (Lipinski definition) is 1. The predicted molar refractivity (Wildman–Crippen MR) is 174 cm³/mol. The van der Waals surface area contributed by atoms with Gasteiger partial charge in [0, 0.05) is 5.41 Å². The number of hydrogen-bond donors (Lipinski definition) is 0. The van der Waals surface area contributed by atoms with E-state index in [1.54, 1.807) is 5.56 Å². The zero-order valence-corrected chi connectivity index (χ0v) is 26.3. The van der Waals surface area contributed by atoms with Crippen molar-refractivity contribution in [2.24, 2.45) is 11.3 Å². The largest absolute Gasteiger partial charge is 0.493 e. The lowest BCUT2D eigenvalue weighted by atomic mass is 9.79. The Hall–Kier alpha value is -2.54. The maximum Gasteiger partial charge on any atom is 0.122 e. The van der Waals surface area contributed by atoms with E-state index >= 15 is 0 Å². The van der Waals surface area contributed by atoms with Gasteiger partial charge in [0.05, 0.1) is 6.61 Å². The van der Waals surface area contributed by atoms with Crippen LogP contribution in [0.15, 0.2) is 60.7 Å². The van der Waals surface area contributed by atoms with Gasteiger partial charge in [0.15, 0.2) is 0 Å². The molecule has 1 heteroatoms. The first-order valence-corrected chi connectivity index (χ1v) is 16.4. The number of aryl methyl sites for hydroxylation is 4. The highest BCUT2D eigenvalue weighted by Crippen LogP contribution is 2.37. The molecule has 1 aliphatic rings. The van der Waals surface area contributed by atoms with E-state index in [9.17, 15) is 0 Å². The Morgan fingerprint density at radius 2 is 1.23 bits per heavy atom. The zero-order chi connectivity index (χ0) is 28.5. The second-order valence-electron chi connectivity index (χ2n) is 12.6. The number of rotatable bonds is 13. The van der Waals surface area contributed by atoms with Gasteiger partial charge in [0.2, 0.25) is 0 Å². The summed E-state index contributed by atoms with van der Waals surface area (Å²) < 4.78 is 6.54. The van der Waals surface area contributed by atoms with Gasteiger partial charge in [0.1, 0.15) is 5.75 Å². The summed E-state index contributed by atoms with van der Waals surface area (Å²) in [6, 6.07) is 23.6. The van der Waals surface area contributed by atoms with Crippen molar-refractivity contribution in [3.63, 3.8) is 0 Å². The van der Waals surface area contributed by atoms with Crippen molar-refractivity contribution in [2.75, 3.05) is 6.61 Å². The quantitative estimate of drug-likeness (QED) is 0.210. The summed E-state index contributed by atoms with van der Waals surface area (Å²) in [4.78, 5) is 0. The van der Waals surface area contributed by atoms with Crippen molar-refractivity contribution < 1.29 is 4.74 Å². The molecule has 0 spiro atoms. The number of ether oxygens (including phenoxy) is 1. The van der Waals surface area contributed by atoms with Crippen LogP contribution >= 0.6 is 0 Å². The molecule has 1 fully saturated rings. The maximum atomic E-state index is 6.54. The van der Waals surface area contributed by atoms with E-state index in [0.717, 1.165) is 69.1 Å². The third-order valence-electron chi connectivity index (χ3n) is 10.3. The van der Waals surface area contributed by atoms with E-state index in [1.165, 1.54) is 59.1 Å². The average Bonchev–Trinajstić information content (AvgIpc) is 3.01. The van der Waals surface area contributed by atoms with E-state index in [0.29, 0.717) is 0 Å². The van der Waals surface area contributed by atoms with E-state index in [1.807, 2.05) is 0 Å². The Kier molecular flexibility index (Phi) is 10.9. The van der Waals surface area contributed by atoms with Gasteiger partial charge in [0.25, 0.3) is 0 Å². The lowest BCUT2D eigenvalue weighted by Gasteiger charge is -2.31. The van der Waals surface area contributed by atoms with Crippen LogP contribution < -0.4 is 4.74 Å². The molecular weight excluding hydrogens is 484 g/mol. The van der Waals surface area contributed by atoms with Crippen molar-refractivity contribution >= 4 is 0 Å². The van der Waals surface area contributed by atoms with Gasteiger partial charge in [-0.3, -0.25) is 0 Å². The number of benzene rings is 3. The van der Waals surface area contributed by atoms with E-state index in [-0.39, 0.29) is 5.41 Å². The molecule has 4 rings (SSSR count). The Balaban J connectivity index is 1.41. The van der Waals surface area contributed by atoms with Gasteiger partial charge in [-0.15, -0.1) is 0 Å². The molecule has 1 aliphatic carbocycles. The summed E-state index contributed by atoms with van der Waals surface area (Å²) >= 11 is 0. The minimum absolute atomic E-state index is 0.280. The fraction of sp³-hybridized carbons (Fsp3) is 0.538. The van der Waals surface area contributed by atoms with Crippen LogP contribution in [0, 0.1) is 11.3 Å². The van der Waals surface area contributed by atoms with Gasteiger partial charge in [-0.1, -0.05) is 103 Å². The topological polar surface area (TPSA) is 9.23 Å². The molecule has 216 valence electrons. The highest BCUT2D eigenvalue weighted by molar-refractivity contribution is 5.70. The molecule has 0 saturated heterocycles. The van der Waals surface area contributed by atoms with Crippen molar-refractivity contribution in [2.45, 2.75) is 118 Å². The highest BCUT2D eigenvalue weighted by atomic mass is 16.5. The van der Waals surface area contributed by atoms with Crippen LogP contribution in [-0.2, 0) is 25.7 Å². The summed E-state index contributed by atoms with van der Waals surface area (Å²) in [6.07, 6.45) is 13.2. The third-order valence-corrected chi connectivity index (χ3v) is 10.3. The van der Waals surface area contributed by atoms with Gasteiger partial charge in [-0.25, -0.2) is 0 Å². The van der Waals surface area contributed by atoms with Crippen LogP contribution in [0.2, 0.25) is 0 Å². The second kappa shape index (κ2) is 14.4. The van der Waals surface area contributed by atoms with Gasteiger partial charge >= 0.3 is 0 Å². The lowest BCUT2D eigenvalue weighted by Crippen LogP contribution is -2.26. The third kappa shape index (κ3) is 7.39. The second-order valence-corrected chi connectivity index (χ2v) is 12.6. The normalized spacial score (nSPS) is 17.6. The zero-order valence-electron chi connectivity index (χ0n) is 26.3. The van der Waals surface area contributed by atoms with Crippen molar-refractivity contribution in [1.82, 2.24) is 0 Å². The average molecular weight is 539 g/mol. The molecule has 0 N–H and O–H groups in total. The molecule has 0 bridgehead atoms. The van der Waals surface area contributed by atoms with E-state index in [4.69, 9.17) is 4.74 Å². The molecule has 0 radical (unpaired) electrons. The fourth-order valence-electron chi connectivity index (χ4n) is 6.62. The molecule has 3 aromatic carbocycles. The Labute approximate surface area is 245 Å². The molecule has 0 amide bonds. The van der Waals surface area contributed by atoms with Gasteiger partial charge < -0.3 is 4.74 Å². The highest BCUT2D eigenvalue weighted by Gasteiger charge is 2.25. The molecule has 0 atom stereocenters. The molecule has 1 nitrogen and oxygen atoms in total. The molecule has 0 heterocycles. The SMILES string of the molecule is CCc1cc(-c2ccc(CCc3ccc(C4CCC(C)CC4)cc3)cc2)c(CC)cc1OCC(CC)(CC)CC. The first kappa shape index (κ1) is 30.4. The first-order valence-electron chi connectivity index (χ1n) is 16.4.